The summed E-state index contributed by atoms with van der Waals surface area (Å²) in [6.07, 6.45) is 4.27. The number of carbonyl (C=O) groups excluding carboxylic acids is 1. The van der Waals surface area contributed by atoms with Crippen molar-refractivity contribution in [2.75, 3.05) is 12.4 Å². The van der Waals surface area contributed by atoms with Gasteiger partial charge in [-0.1, -0.05) is 20.8 Å². The van der Waals surface area contributed by atoms with Crippen LogP contribution in [0.1, 0.15) is 46.5 Å². The predicted octanol–water partition coefficient (Wildman–Crippen LogP) is 3.29. The van der Waals surface area contributed by atoms with Gasteiger partial charge in [-0.15, -0.1) is 11.6 Å². The summed E-state index contributed by atoms with van der Waals surface area (Å²) in [7, 11) is 0. The van der Waals surface area contributed by atoms with E-state index in [1.165, 1.54) is 12.8 Å². The van der Waals surface area contributed by atoms with Crippen LogP contribution < -0.4 is 0 Å². The monoisotopic (exact) mass is 257 g/mol. The number of amides is 1. The number of hydrogen-bond donors (Lipinski definition) is 0. The van der Waals surface area contributed by atoms with Crippen LogP contribution in [0.2, 0.25) is 0 Å². The summed E-state index contributed by atoms with van der Waals surface area (Å²) < 4.78 is 0. The molecule has 1 amide bonds. The molecule has 0 aromatic carbocycles. The van der Waals surface area contributed by atoms with Crippen LogP contribution in [-0.2, 0) is 4.79 Å². The first kappa shape index (κ1) is 13.2. The fourth-order valence-corrected chi connectivity index (χ4v) is 4.00. The summed E-state index contributed by atoms with van der Waals surface area (Å²) in [6, 6.07) is 0.453. The summed E-state index contributed by atoms with van der Waals surface area (Å²) in [4.78, 5) is 14.1. The molecule has 2 rings (SSSR count). The predicted molar refractivity (Wildman–Crippen MR) is 71.1 cm³/mol. The lowest BCUT2D eigenvalue weighted by molar-refractivity contribution is -0.131. The largest absolute Gasteiger partial charge is 0.339 e. The van der Waals surface area contributed by atoms with Crippen molar-refractivity contribution in [2.24, 2.45) is 17.3 Å². The number of hydrogen-bond acceptors (Lipinski definition) is 1. The van der Waals surface area contributed by atoms with Gasteiger partial charge in [0.25, 0.3) is 0 Å². The number of carbonyl (C=O) groups is 1. The summed E-state index contributed by atoms with van der Waals surface area (Å²) in [6.45, 7) is 7.85. The van der Waals surface area contributed by atoms with E-state index in [1.807, 2.05) is 0 Å². The molecule has 17 heavy (non-hydrogen) atoms. The van der Waals surface area contributed by atoms with E-state index in [4.69, 9.17) is 11.6 Å². The Hall–Kier alpha value is -0.240. The Kier molecular flexibility index (Phi) is 3.72. The third-order valence-corrected chi connectivity index (χ3v) is 4.70. The quantitative estimate of drug-likeness (QED) is 0.696. The van der Waals surface area contributed by atoms with Gasteiger partial charge in [0.2, 0.25) is 5.91 Å². The highest BCUT2D eigenvalue weighted by atomic mass is 35.5. The highest BCUT2D eigenvalue weighted by Crippen LogP contribution is 2.41. The van der Waals surface area contributed by atoms with Gasteiger partial charge in [-0.05, 0) is 36.5 Å². The zero-order valence-electron chi connectivity index (χ0n) is 11.2. The molecule has 0 spiro atoms. The molecule has 0 N–H and O–H groups in total. The molecule has 0 aromatic heterocycles. The normalized spacial score (nSPS) is 37.5. The fourth-order valence-electron chi connectivity index (χ4n) is 3.80. The number of likely N-dealkylation sites (tertiary alicyclic amines) is 1. The van der Waals surface area contributed by atoms with E-state index in [1.54, 1.807) is 0 Å². The third kappa shape index (κ3) is 2.96. The van der Waals surface area contributed by atoms with Gasteiger partial charge in [0.15, 0.2) is 0 Å². The first-order valence-electron chi connectivity index (χ1n) is 6.77. The first-order valence-corrected chi connectivity index (χ1v) is 7.30. The van der Waals surface area contributed by atoms with Crippen LogP contribution >= 0.6 is 11.6 Å². The van der Waals surface area contributed by atoms with E-state index in [0.717, 1.165) is 18.9 Å². The van der Waals surface area contributed by atoms with Gasteiger partial charge in [-0.3, -0.25) is 4.79 Å². The van der Waals surface area contributed by atoms with E-state index in [-0.39, 0.29) is 0 Å². The molecule has 98 valence electrons. The number of nitrogens with zero attached hydrogens (tertiary/aromatic N) is 1. The van der Waals surface area contributed by atoms with Crippen molar-refractivity contribution in [1.82, 2.24) is 4.90 Å². The Bertz CT molecular complexity index is 303. The first-order chi connectivity index (χ1) is 7.91. The maximum absolute atomic E-state index is 12.0. The summed E-state index contributed by atoms with van der Waals surface area (Å²) in [5, 5.41) is 0. The van der Waals surface area contributed by atoms with Crippen molar-refractivity contribution in [3.8, 4) is 0 Å². The maximum Gasteiger partial charge on any atom is 0.223 e. The Morgan fingerprint density at radius 2 is 2.12 bits per heavy atom. The average molecular weight is 258 g/mol. The van der Waals surface area contributed by atoms with Gasteiger partial charge in [0.05, 0.1) is 0 Å². The Balaban J connectivity index is 2.04. The van der Waals surface area contributed by atoms with Crippen LogP contribution in [0.15, 0.2) is 0 Å². The zero-order valence-corrected chi connectivity index (χ0v) is 12.0. The molecule has 2 fully saturated rings. The Labute approximate surface area is 110 Å². The molecule has 1 saturated heterocycles. The molecule has 0 radical (unpaired) electrons. The minimum atomic E-state index is 0.325. The molecule has 3 atom stereocenters. The van der Waals surface area contributed by atoms with E-state index in [9.17, 15) is 4.79 Å². The highest BCUT2D eigenvalue weighted by molar-refractivity contribution is 6.18. The van der Waals surface area contributed by atoms with Gasteiger partial charge in [0.1, 0.15) is 0 Å². The summed E-state index contributed by atoms with van der Waals surface area (Å²) in [5.74, 6) is 2.05. The van der Waals surface area contributed by atoms with E-state index in [2.05, 4.69) is 25.7 Å². The SMILES string of the molecule is CC1CC(N2CC(CCl)CC2=O)CC(C)(C)C1. The lowest BCUT2D eigenvalue weighted by atomic mass is 9.70. The van der Waals surface area contributed by atoms with Crippen LogP contribution in [0.4, 0.5) is 0 Å². The molecular formula is C14H24ClNO. The average Bonchev–Trinajstić information content (AvgIpc) is 2.56. The highest BCUT2D eigenvalue weighted by Gasteiger charge is 2.40. The van der Waals surface area contributed by atoms with Crippen molar-refractivity contribution in [2.45, 2.75) is 52.5 Å². The van der Waals surface area contributed by atoms with Crippen molar-refractivity contribution >= 4 is 17.5 Å². The van der Waals surface area contributed by atoms with Crippen LogP contribution in [0.5, 0.6) is 0 Å². The van der Waals surface area contributed by atoms with E-state index < -0.39 is 0 Å². The molecule has 0 bridgehead atoms. The molecule has 1 aliphatic heterocycles. The molecule has 3 unspecified atom stereocenters. The molecule has 2 nitrogen and oxygen atoms in total. The lowest BCUT2D eigenvalue weighted by Crippen LogP contribution is -2.44. The van der Waals surface area contributed by atoms with Gasteiger partial charge in [-0.2, -0.15) is 0 Å². The molecule has 1 saturated carbocycles. The second kappa shape index (κ2) is 4.79. The lowest BCUT2D eigenvalue weighted by Gasteiger charge is -2.42. The topological polar surface area (TPSA) is 20.3 Å². The van der Waals surface area contributed by atoms with Gasteiger partial charge in [-0.25, -0.2) is 0 Å². The second-order valence-corrected chi connectivity index (χ2v) is 7.15. The van der Waals surface area contributed by atoms with Gasteiger partial charge < -0.3 is 4.90 Å². The molecule has 3 heteroatoms. The van der Waals surface area contributed by atoms with E-state index in [0.29, 0.717) is 35.6 Å². The van der Waals surface area contributed by atoms with Crippen molar-refractivity contribution in [3.63, 3.8) is 0 Å². The minimum absolute atomic E-state index is 0.325. The third-order valence-electron chi connectivity index (χ3n) is 4.26. The molecule has 2 aliphatic rings. The van der Waals surface area contributed by atoms with Crippen LogP contribution in [0.25, 0.3) is 0 Å². The molecule has 1 heterocycles. The smallest absolute Gasteiger partial charge is 0.223 e. The summed E-state index contributed by atoms with van der Waals surface area (Å²) in [5.41, 5.74) is 0.377. The van der Waals surface area contributed by atoms with Crippen LogP contribution in [0, 0.1) is 17.3 Å². The maximum atomic E-state index is 12.0. The van der Waals surface area contributed by atoms with E-state index >= 15 is 0 Å². The molecule has 0 aromatic rings. The Morgan fingerprint density at radius 1 is 1.41 bits per heavy atom. The number of rotatable bonds is 2. The van der Waals surface area contributed by atoms with Gasteiger partial charge in [0, 0.05) is 24.9 Å². The van der Waals surface area contributed by atoms with Crippen LogP contribution in [0.3, 0.4) is 0 Å². The fraction of sp³-hybridized carbons (Fsp3) is 0.929. The standard InChI is InChI=1S/C14H24ClNO/c1-10-4-12(7-14(2,3)6-10)16-9-11(8-15)5-13(16)17/h10-12H,4-9H2,1-3H3. The summed E-state index contributed by atoms with van der Waals surface area (Å²) >= 11 is 5.88. The molecule has 1 aliphatic carbocycles. The van der Waals surface area contributed by atoms with Crippen LogP contribution in [-0.4, -0.2) is 29.3 Å². The van der Waals surface area contributed by atoms with Crippen molar-refractivity contribution in [1.29, 1.82) is 0 Å². The van der Waals surface area contributed by atoms with Crippen molar-refractivity contribution in [3.05, 3.63) is 0 Å². The zero-order chi connectivity index (χ0) is 12.6. The van der Waals surface area contributed by atoms with Gasteiger partial charge >= 0.3 is 0 Å². The molecular weight excluding hydrogens is 234 g/mol. The second-order valence-electron chi connectivity index (χ2n) is 6.84. The number of halogens is 1. The number of alkyl halides is 1. The van der Waals surface area contributed by atoms with Crippen molar-refractivity contribution < 1.29 is 4.79 Å². The Morgan fingerprint density at radius 3 is 2.65 bits per heavy atom. The minimum Gasteiger partial charge on any atom is -0.339 e.